The van der Waals surface area contributed by atoms with Crippen LogP contribution in [0.4, 0.5) is 0 Å². The number of carbonyl (C=O) groups is 1. The first-order chi connectivity index (χ1) is 6.44. The molecule has 0 aliphatic carbocycles. The Balaban J connectivity index is 2.28. The Morgan fingerprint density at radius 1 is 1.50 bits per heavy atom. The van der Waals surface area contributed by atoms with Crippen LogP contribution in [0.3, 0.4) is 0 Å². The number of aliphatic imine (C=N–C) groups is 1. The van der Waals surface area contributed by atoms with E-state index in [0.717, 1.165) is 17.9 Å². The zero-order valence-corrected chi connectivity index (χ0v) is 9.28. The van der Waals surface area contributed by atoms with Crippen molar-refractivity contribution < 1.29 is 4.79 Å². The summed E-state index contributed by atoms with van der Waals surface area (Å²) in [6.07, 6.45) is 0.791. The Morgan fingerprint density at radius 3 is 2.71 bits per heavy atom. The number of carbonyl (C=O) groups excluding carboxylic acids is 1. The summed E-state index contributed by atoms with van der Waals surface area (Å²) in [6, 6.07) is 0. The molecule has 2 aliphatic rings. The van der Waals surface area contributed by atoms with Crippen LogP contribution >= 0.6 is 11.8 Å². The molecule has 14 heavy (non-hydrogen) atoms. The number of nitrogens with two attached hydrogens (primary N) is 1. The Labute approximate surface area is 87.7 Å². The van der Waals surface area contributed by atoms with Gasteiger partial charge in [-0.1, -0.05) is 13.8 Å². The molecule has 78 valence electrons. The zero-order chi connectivity index (χ0) is 10.4. The predicted molar refractivity (Wildman–Crippen MR) is 58.2 cm³/mol. The van der Waals surface area contributed by atoms with Crippen molar-refractivity contribution in [3.63, 3.8) is 0 Å². The van der Waals surface area contributed by atoms with Gasteiger partial charge in [0.1, 0.15) is 0 Å². The average molecular weight is 213 g/mol. The van der Waals surface area contributed by atoms with Crippen LogP contribution in [-0.4, -0.2) is 28.9 Å². The third-order valence-corrected chi connectivity index (χ3v) is 4.27. The van der Waals surface area contributed by atoms with Gasteiger partial charge in [-0.05, 0) is 17.6 Å². The van der Waals surface area contributed by atoms with Crippen LogP contribution in [0.2, 0.25) is 0 Å². The number of rotatable bonds is 0. The molecule has 0 aromatic heterocycles. The monoisotopic (exact) mass is 213 g/mol. The molecule has 0 radical (unpaired) electrons. The van der Waals surface area contributed by atoms with Crippen molar-refractivity contribution in [1.29, 1.82) is 0 Å². The fourth-order valence-electron chi connectivity index (χ4n) is 2.15. The largest absolute Gasteiger partial charge is 0.370 e. The van der Waals surface area contributed by atoms with Gasteiger partial charge in [0.05, 0.1) is 0 Å². The summed E-state index contributed by atoms with van der Waals surface area (Å²) in [5, 5.41) is 2.59. The zero-order valence-electron chi connectivity index (χ0n) is 8.46. The fourth-order valence-corrected chi connectivity index (χ4v) is 3.54. The SMILES string of the molecule is CC1(C)CSCC2(C1)N=C(N)NC2=O. The second-order valence-corrected chi connectivity index (χ2v) is 5.80. The minimum absolute atomic E-state index is 0.0322. The van der Waals surface area contributed by atoms with Gasteiger partial charge in [-0.15, -0.1) is 0 Å². The number of hydrogen-bond acceptors (Lipinski definition) is 4. The molecule has 0 saturated carbocycles. The van der Waals surface area contributed by atoms with Crippen LogP contribution in [0, 0.1) is 5.41 Å². The minimum atomic E-state index is -0.587. The highest BCUT2D eigenvalue weighted by Crippen LogP contribution is 2.42. The van der Waals surface area contributed by atoms with Gasteiger partial charge in [0.15, 0.2) is 11.5 Å². The van der Waals surface area contributed by atoms with Crippen LogP contribution in [0.5, 0.6) is 0 Å². The highest BCUT2D eigenvalue weighted by Gasteiger charge is 2.49. The summed E-state index contributed by atoms with van der Waals surface area (Å²) < 4.78 is 0. The van der Waals surface area contributed by atoms with Gasteiger partial charge in [0, 0.05) is 5.75 Å². The summed E-state index contributed by atoms with van der Waals surface area (Å²) in [7, 11) is 0. The number of thioether (sulfide) groups is 1. The quantitative estimate of drug-likeness (QED) is 0.609. The van der Waals surface area contributed by atoms with Gasteiger partial charge in [-0.3, -0.25) is 10.1 Å². The number of nitrogens with zero attached hydrogens (tertiary/aromatic N) is 1. The lowest BCUT2D eigenvalue weighted by Gasteiger charge is -2.38. The maximum Gasteiger partial charge on any atom is 0.255 e. The maximum absolute atomic E-state index is 11.7. The molecule has 2 heterocycles. The van der Waals surface area contributed by atoms with E-state index in [0.29, 0.717) is 0 Å². The van der Waals surface area contributed by atoms with Crippen molar-refractivity contribution in [3.05, 3.63) is 0 Å². The van der Waals surface area contributed by atoms with E-state index >= 15 is 0 Å². The minimum Gasteiger partial charge on any atom is -0.370 e. The van der Waals surface area contributed by atoms with Crippen molar-refractivity contribution >= 4 is 23.6 Å². The van der Waals surface area contributed by atoms with Gasteiger partial charge in [0.25, 0.3) is 5.91 Å². The van der Waals surface area contributed by atoms with Gasteiger partial charge < -0.3 is 5.73 Å². The molecule has 2 aliphatic heterocycles. The lowest BCUT2D eigenvalue weighted by molar-refractivity contribution is -0.124. The van der Waals surface area contributed by atoms with Gasteiger partial charge >= 0.3 is 0 Å². The van der Waals surface area contributed by atoms with Gasteiger partial charge in [-0.25, -0.2) is 4.99 Å². The molecule has 1 spiro atoms. The molecule has 1 saturated heterocycles. The number of guanidine groups is 1. The van der Waals surface area contributed by atoms with Crippen LogP contribution < -0.4 is 11.1 Å². The molecule has 2 rings (SSSR count). The van der Waals surface area contributed by atoms with E-state index < -0.39 is 5.54 Å². The first-order valence-electron chi connectivity index (χ1n) is 4.68. The van der Waals surface area contributed by atoms with E-state index in [1.165, 1.54) is 0 Å². The van der Waals surface area contributed by atoms with Crippen molar-refractivity contribution in [2.75, 3.05) is 11.5 Å². The van der Waals surface area contributed by atoms with E-state index in [2.05, 4.69) is 24.2 Å². The van der Waals surface area contributed by atoms with Crippen LogP contribution in [0.25, 0.3) is 0 Å². The first kappa shape index (κ1) is 9.83. The molecule has 1 amide bonds. The molecule has 1 fully saturated rings. The first-order valence-corrected chi connectivity index (χ1v) is 5.84. The Hall–Kier alpha value is -0.710. The lowest BCUT2D eigenvalue weighted by Crippen LogP contribution is -2.48. The van der Waals surface area contributed by atoms with E-state index in [1.807, 2.05) is 0 Å². The second-order valence-electron chi connectivity index (χ2n) is 4.82. The number of nitrogens with one attached hydrogen (secondary N) is 1. The summed E-state index contributed by atoms with van der Waals surface area (Å²) in [6.45, 7) is 4.33. The highest BCUT2D eigenvalue weighted by molar-refractivity contribution is 7.99. The molecule has 4 nitrogen and oxygen atoms in total. The van der Waals surface area contributed by atoms with Crippen molar-refractivity contribution in [3.8, 4) is 0 Å². The van der Waals surface area contributed by atoms with Gasteiger partial charge in [0.2, 0.25) is 0 Å². The third kappa shape index (κ3) is 1.49. The highest BCUT2D eigenvalue weighted by atomic mass is 32.2. The normalized spacial score (nSPS) is 35.6. The summed E-state index contributed by atoms with van der Waals surface area (Å²) in [5.41, 5.74) is 5.10. The van der Waals surface area contributed by atoms with E-state index in [4.69, 9.17) is 5.73 Å². The maximum atomic E-state index is 11.7. The molecule has 3 N–H and O–H groups in total. The predicted octanol–water partition coefficient (Wildman–Crippen LogP) is 0.333. The Morgan fingerprint density at radius 2 is 2.21 bits per heavy atom. The third-order valence-electron chi connectivity index (χ3n) is 2.60. The summed E-state index contributed by atoms with van der Waals surface area (Å²) >= 11 is 1.78. The van der Waals surface area contributed by atoms with Crippen molar-refractivity contribution in [2.24, 2.45) is 16.1 Å². The second kappa shape index (κ2) is 2.89. The number of amides is 1. The van der Waals surface area contributed by atoms with Crippen molar-refractivity contribution in [1.82, 2.24) is 5.32 Å². The topological polar surface area (TPSA) is 67.5 Å². The Kier molecular flexibility index (Phi) is 2.03. The molecular formula is C9H15N3OS. The molecule has 1 atom stereocenters. The van der Waals surface area contributed by atoms with Crippen LogP contribution in [-0.2, 0) is 4.79 Å². The number of hydrogen-bond donors (Lipinski definition) is 2. The van der Waals surface area contributed by atoms with E-state index in [-0.39, 0.29) is 17.3 Å². The molecular weight excluding hydrogens is 198 g/mol. The Bertz CT molecular complexity index is 313. The van der Waals surface area contributed by atoms with E-state index in [9.17, 15) is 4.79 Å². The standard InChI is InChI=1S/C9H15N3OS/c1-8(2)3-9(5-14-4-8)6(13)11-7(10)12-9/h3-5H2,1-2H3,(H3,10,11,12,13). The molecule has 0 aromatic carbocycles. The molecule has 0 aromatic rings. The molecule has 0 bridgehead atoms. The summed E-state index contributed by atoms with van der Waals surface area (Å²) in [4.78, 5) is 16.0. The van der Waals surface area contributed by atoms with Crippen molar-refractivity contribution in [2.45, 2.75) is 25.8 Å². The van der Waals surface area contributed by atoms with Crippen LogP contribution in [0.15, 0.2) is 4.99 Å². The smallest absolute Gasteiger partial charge is 0.255 e. The lowest BCUT2D eigenvalue weighted by atomic mass is 9.80. The molecule has 1 unspecified atom stereocenters. The van der Waals surface area contributed by atoms with Crippen LogP contribution in [0.1, 0.15) is 20.3 Å². The van der Waals surface area contributed by atoms with E-state index in [1.54, 1.807) is 11.8 Å². The average Bonchev–Trinajstić information content (AvgIpc) is 2.24. The summed E-state index contributed by atoms with van der Waals surface area (Å²) in [5.74, 6) is 2.07. The van der Waals surface area contributed by atoms with Gasteiger partial charge in [-0.2, -0.15) is 11.8 Å². The fraction of sp³-hybridized carbons (Fsp3) is 0.778. The molecule has 5 heteroatoms.